The van der Waals surface area contributed by atoms with E-state index in [2.05, 4.69) is 26.6 Å². The van der Waals surface area contributed by atoms with Crippen molar-refractivity contribution < 1.29 is 67.9 Å². The third-order valence-corrected chi connectivity index (χ3v) is 8.57. The molecule has 0 atom stereocenters. The van der Waals surface area contributed by atoms with Gasteiger partial charge in [-0.25, -0.2) is 14.4 Å². The van der Waals surface area contributed by atoms with E-state index >= 15 is 0 Å². The van der Waals surface area contributed by atoms with E-state index < -0.39 is 88.7 Å². The Balaban J connectivity index is 6.30. The van der Waals surface area contributed by atoms with Crippen molar-refractivity contribution in [1.29, 1.82) is 0 Å². The van der Waals surface area contributed by atoms with Gasteiger partial charge in [-0.15, -0.1) is 0 Å². The average Bonchev–Trinajstić information content (AvgIpc) is 3.05. The van der Waals surface area contributed by atoms with E-state index in [-0.39, 0.29) is 64.6 Å². The van der Waals surface area contributed by atoms with Crippen LogP contribution in [0.15, 0.2) is 0 Å². The van der Waals surface area contributed by atoms with Gasteiger partial charge in [0.15, 0.2) is 0 Å². The number of nitrogens with one attached hydrogen (secondary N) is 5. The van der Waals surface area contributed by atoms with E-state index in [1.54, 1.807) is 62.3 Å². The molecule has 0 heterocycles. The van der Waals surface area contributed by atoms with Gasteiger partial charge in [0.25, 0.3) is 0 Å². The number of carbonyl (C=O) groups excluding carboxylic acids is 5. The average molecular weight is 846 g/mol. The lowest BCUT2D eigenvalue weighted by molar-refractivity contribution is -0.140. The molecule has 0 spiro atoms. The van der Waals surface area contributed by atoms with Gasteiger partial charge in [0.05, 0.1) is 0 Å². The molecule has 5 amide bonds. The van der Waals surface area contributed by atoms with Crippen LogP contribution in [-0.2, 0) is 38.2 Å². The van der Waals surface area contributed by atoms with Crippen LogP contribution in [0.1, 0.15) is 159 Å². The molecule has 0 saturated carbocycles. The van der Waals surface area contributed by atoms with Crippen LogP contribution < -0.4 is 26.6 Å². The predicted octanol–water partition coefficient (Wildman–Crippen LogP) is 5.38. The van der Waals surface area contributed by atoms with Crippen molar-refractivity contribution in [3.8, 4) is 0 Å². The van der Waals surface area contributed by atoms with Crippen molar-refractivity contribution in [3.63, 3.8) is 0 Å². The van der Waals surface area contributed by atoms with Crippen LogP contribution in [0.25, 0.3) is 0 Å². The Morgan fingerprint density at radius 2 is 0.661 bits per heavy atom. The fourth-order valence-electron chi connectivity index (χ4n) is 6.13. The lowest BCUT2D eigenvalue weighted by Gasteiger charge is -2.36. The summed E-state index contributed by atoms with van der Waals surface area (Å²) in [6.07, 6.45) is -1.76. The smallest absolute Gasteiger partial charge is 0.407 e. The molecule has 0 rings (SSSR count). The topological polar surface area (TPSA) is 285 Å². The lowest BCUT2D eigenvalue weighted by Crippen LogP contribution is -2.51. The minimum Gasteiger partial charge on any atom is -0.481 e. The number of aliphatic carboxylic acids is 3. The maximum Gasteiger partial charge on any atom is 0.407 e. The number of carboxylic acids is 3. The number of alkyl carbamates (subject to hydrolysis) is 3. The molecular weight excluding hydrogens is 774 g/mol. The van der Waals surface area contributed by atoms with Crippen molar-refractivity contribution in [1.82, 2.24) is 26.6 Å². The van der Waals surface area contributed by atoms with Crippen molar-refractivity contribution >= 4 is 48.0 Å². The molecular formula is C40H71N5O14. The van der Waals surface area contributed by atoms with E-state index in [9.17, 15) is 53.7 Å². The Morgan fingerprint density at radius 3 is 0.932 bits per heavy atom. The van der Waals surface area contributed by atoms with Crippen LogP contribution >= 0.6 is 0 Å². The monoisotopic (exact) mass is 845 g/mol. The number of hydrogen-bond donors (Lipinski definition) is 8. The highest BCUT2D eigenvalue weighted by Gasteiger charge is 2.35. The largest absolute Gasteiger partial charge is 0.481 e. The zero-order valence-corrected chi connectivity index (χ0v) is 36.6. The summed E-state index contributed by atoms with van der Waals surface area (Å²) in [5.41, 5.74) is -4.46. The molecule has 0 saturated heterocycles. The fourth-order valence-corrected chi connectivity index (χ4v) is 6.13. The molecule has 19 nitrogen and oxygen atoms in total. The van der Waals surface area contributed by atoms with E-state index in [0.717, 1.165) is 0 Å². The molecule has 0 aromatic carbocycles. The summed E-state index contributed by atoms with van der Waals surface area (Å²) in [4.78, 5) is 98.4. The maximum absolute atomic E-state index is 13.7. The summed E-state index contributed by atoms with van der Waals surface area (Å²) >= 11 is 0. The molecule has 59 heavy (non-hydrogen) atoms. The summed E-state index contributed by atoms with van der Waals surface area (Å²) < 4.78 is 16.0. The summed E-state index contributed by atoms with van der Waals surface area (Å²) in [6.45, 7) is 16.2. The van der Waals surface area contributed by atoms with Crippen molar-refractivity contribution in [2.75, 3.05) is 19.6 Å². The van der Waals surface area contributed by atoms with Gasteiger partial charge in [-0.05, 0) is 127 Å². The SMILES string of the molecule is CC(C)(C)OC(=O)NCCCC(CCCNC(=O)OC(C)(C)C)(CCCNC(=O)OC(C)(C)C)NC(=O)CCC(=O)NC(CCCC(=O)O)(CCC(=O)O)CCC(=O)O. The number of ether oxygens (including phenoxy) is 3. The highest BCUT2D eigenvalue weighted by molar-refractivity contribution is 5.84. The normalized spacial score (nSPS) is 12.1. The van der Waals surface area contributed by atoms with Gasteiger partial charge in [0.2, 0.25) is 11.8 Å². The lowest BCUT2D eigenvalue weighted by atomic mass is 9.82. The minimum absolute atomic E-state index is 0.00685. The van der Waals surface area contributed by atoms with E-state index in [0.29, 0.717) is 38.5 Å². The zero-order chi connectivity index (χ0) is 45.5. The first-order chi connectivity index (χ1) is 27.0. The van der Waals surface area contributed by atoms with Gasteiger partial charge >= 0.3 is 36.2 Å². The second-order valence-corrected chi connectivity index (χ2v) is 17.8. The summed E-state index contributed by atoms with van der Waals surface area (Å²) in [5, 5.41) is 41.9. The Hall–Kier alpha value is -4.84. The van der Waals surface area contributed by atoms with Gasteiger partial charge in [-0.1, -0.05) is 0 Å². The Bertz CT molecular complexity index is 1290. The molecule has 0 unspecified atom stereocenters. The van der Waals surface area contributed by atoms with Crippen molar-refractivity contribution in [2.24, 2.45) is 0 Å². The zero-order valence-electron chi connectivity index (χ0n) is 36.6. The third kappa shape index (κ3) is 29.9. The summed E-state index contributed by atoms with van der Waals surface area (Å²) in [5.74, 6) is -4.65. The van der Waals surface area contributed by atoms with Crippen LogP contribution in [0, 0.1) is 0 Å². The van der Waals surface area contributed by atoms with Crippen LogP contribution in [0.4, 0.5) is 14.4 Å². The Labute approximate surface area is 348 Å². The Kier molecular flexibility index (Phi) is 23.5. The Morgan fingerprint density at radius 1 is 0.390 bits per heavy atom. The first-order valence-corrected chi connectivity index (χ1v) is 20.2. The highest BCUT2D eigenvalue weighted by Crippen LogP contribution is 2.28. The molecule has 0 aliphatic rings. The molecule has 0 aromatic rings. The van der Waals surface area contributed by atoms with Crippen molar-refractivity contribution in [3.05, 3.63) is 0 Å². The molecule has 340 valence electrons. The number of hydrogen-bond acceptors (Lipinski definition) is 11. The highest BCUT2D eigenvalue weighted by atomic mass is 16.6. The predicted molar refractivity (Wildman–Crippen MR) is 217 cm³/mol. The molecule has 0 bridgehead atoms. The van der Waals surface area contributed by atoms with Gasteiger partial charge in [0.1, 0.15) is 16.8 Å². The number of amides is 5. The summed E-state index contributed by atoms with van der Waals surface area (Å²) in [7, 11) is 0. The van der Waals surface area contributed by atoms with Crippen molar-refractivity contribution in [2.45, 2.75) is 187 Å². The second-order valence-electron chi connectivity index (χ2n) is 17.8. The molecule has 0 aromatic heterocycles. The standard InChI is InChI=1S/C40H71N5O14/c1-36(2,3)57-33(54)41-25-11-20-39(21-12-26-42-34(55)58-37(4,5)6,22-13-27-43-35(56)59-38(7,8)9)44-28(46)15-16-29(47)45-40(23-17-31(50)51,24-18-32(52)53)19-10-14-30(48)49/h10-27H2,1-9H3,(H,41,54)(H,42,55)(H,43,56)(H,44,46)(H,45,47)(H,48,49)(H,50,51)(H,52,53). The molecule has 0 aliphatic heterocycles. The maximum atomic E-state index is 13.7. The fraction of sp³-hybridized carbons (Fsp3) is 0.800. The van der Waals surface area contributed by atoms with Gasteiger partial charge in [-0.2, -0.15) is 0 Å². The first-order valence-electron chi connectivity index (χ1n) is 20.2. The first kappa shape index (κ1) is 54.2. The van der Waals surface area contributed by atoms with Crippen LogP contribution in [0.5, 0.6) is 0 Å². The minimum atomic E-state index is -1.34. The molecule has 0 radical (unpaired) electrons. The number of carboxylic acid groups (broad SMARTS) is 3. The third-order valence-electron chi connectivity index (χ3n) is 8.57. The van der Waals surface area contributed by atoms with E-state index in [1.165, 1.54) is 0 Å². The van der Waals surface area contributed by atoms with Gasteiger partial charge in [-0.3, -0.25) is 24.0 Å². The van der Waals surface area contributed by atoms with Gasteiger partial charge in [0, 0.05) is 62.8 Å². The van der Waals surface area contributed by atoms with Crippen LogP contribution in [0.2, 0.25) is 0 Å². The number of rotatable bonds is 27. The van der Waals surface area contributed by atoms with Gasteiger partial charge < -0.3 is 56.1 Å². The molecule has 19 heteroatoms. The quantitative estimate of drug-likeness (QED) is 0.0381. The van der Waals surface area contributed by atoms with Crippen LogP contribution in [-0.4, -0.2) is 111 Å². The molecule has 0 fully saturated rings. The second kappa shape index (κ2) is 25.6. The molecule has 0 aliphatic carbocycles. The number of carbonyl (C=O) groups is 8. The van der Waals surface area contributed by atoms with Crippen LogP contribution in [0.3, 0.4) is 0 Å². The summed E-state index contributed by atoms with van der Waals surface area (Å²) in [6, 6.07) is 0. The van der Waals surface area contributed by atoms with E-state index in [1.807, 2.05) is 0 Å². The molecule has 8 N–H and O–H groups in total. The van der Waals surface area contributed by atoms with E-state index in [4.69, 9.17) is 14.2 Å².